The Balaban J connectivity index is 1.41. The standard InChI is InChI=1S/C25H31N3O4S/c1-16-6-9-22(17(2)14-16)33(30,31)28-12-10-18(11-13-28)23(29)26-19-7-8-21-20(15-19)27-24(32-21)25(3,4)5/h6-9,14-15,18H,10-13H2,1-5H3,(H,26,29). The van der Waals surface area contributed by atoms with Crippen molar-refractivity contribution < 1.29 is 17.6 Å². The van der Waals surface area contributed by atoms with E-state index in [1.54, 1.807) is 12.1 Å². The third-order valence-corrected chi connectivity index (χ3v) is 8.13. The number of aryl methyl sites for hydroxylation is 2. The van der Waals surface area contributed by atoms with Crippen molar-refractivity contribution in [2.45, 2.75) is 57.8 Å². The lowest BCUT2D eigenvalue weighted by Gasteiger charge is -2.31. The number of benzene rings is 2. The van der Waals surface area contributed by atoms with Crippen molar-refractivity contribution in [2.24, 2.45) is 5.92 Å². The molecule has 176 valence electrons. The van der Waals surface area contributed by atoms with E-state index >= 15 is 0 Å². The van der Waals surface area contributed by atoms with E-state index in [4.69, 9.17) is 4.42 Å². The number of amides is 1. The van der Waals surface area contributed by atoms with Crippen LogP contribution in [0.2, 0.25) is 0 Å². The van der Waals surface area contributed by atoms with Crippen LogP contribution in [0.25, 0.3) is 11.1 Å². The monoisotopic (exact) mass is 469 g/mol. The molecule has 0 aliphatic carbocycles. The number of nitrogens with zero attached hydrogens (tertiary/aromatic N) is 2. The minimum atomic E-state index is -3.57. The van der Waals surface area contributed by atoms with Gasteiger partial charge in [0.15, 0.2) is 5.58 Å². The van der Waals surface area contributed by atoms with Crippen molar-refractivity contribution in [1.29, 1.82) is 0 Å². The second-order valence-corrected chi connectivity index (χ2v) is 11.8. The topological polar surface area (TPSA) is 92.5 Å². The van der Waals surface area contributed by atoms with Crippen molar-refractivity contribution in [2.75, 3.05) is 18.4 Å². The van der Waals surface area contributed by atoms with Crippen molar-refractivity contribution >= 4 is 32.7 Å². The van der Waals surface area contributed by atoms with Crippen LogP contribution in [0.4, 0.5) is 5.69 Å². The molecule has 3 aromatic rings. The van der Waals surface area contributed by atoms with Gasteiger partial charge in [-0.15, -0.1) is 0 Å². The number of carbonyl (C=O) groups is 1. The van der Waals surface area contributed by atoms with Crippen molar-refractivity contribution in [3.63, 3.8) is 0 Å². The maximum absolute atomic E-state index is 13.1. The molecule has 0 saturated carbocycles. The first-order valence-corrected chi connectivity index (χ1v) is 12.7. The Morgan fingerprint density at radius 1 is 1.09 bits per heavy atom. The first-order valence-electron chi connectivity index (χ1n) is 11.2. The molecule has 1 fully saturated rings. The summed E-state index contributed by atoms with van der Waals surface area (Å²) in [7, 11) is -3.57. The first kappa shape index (κ1) is 23.4. The second kappa shape index (κ2) is 8.57. The number of anilines is 1. The fourth-order valence-electron chi connectivity index (χ4n) is 4.16. The number of hydrogen-bond donors (Lipinski definition) is 1. The molecule has 4 rings (SSSR count). The summed E-state index contributed by atoms with van der Waals surface area (Å²) in [6, 6.07) is 10.8. The molecule has 1 saturated heterocycles. The number of piperidine rings is 1. The van der Waals surface area contributed by atoms with Crippen molar-refractivity contribution in [3.8, 4) is 0 Å². The molecule has 1 aliphatic heterocycles. The molecule has 2 aromatic carbocycles. The molecule has 7 nitrogen and oxygen atoms in total. The van der Waals surface area contributed by atoms with Gasteiger partial charge in [-0.25, -0.2) is 13.4 Å². The molecule has 0 radical (unpaired) electrons. The number of fused-ring (bicyclic) bond motifs is 1. The largest absolute Gasteiger partial charge is 0.440 e. The second-order valence-electron chi connectivity index (χ2n) is 9.89. The molecule has 1 amide bonds. The van der Waals surface area contributed by atoms with Crippen LogP contribution < -0.4 is 5.32 Å². The Bertz CT molecular complexity index is 1300. The van der Waals surface area contributed by atoms with Gasteiger partial charge in [0.05, 0.1) is 4.90 Å². The van der Waals surface area contributed by atoms with Crippen LogP contribution >= 0.6 is 0 Å². The number of aromatic nitrogens is 1. The molecule has 1 aliphatic rings. The summed E-state index contributed by atoms with van der Waals surface area (Å²) in [6.45, 7) is 10.5. The SMILES string of the molecule is Cc1ccc(S(=O)(=O)N2CCC(C(=O)Nc3ccc4oc(C(C)(C)C)nc4c3)CC2)c(C)c1. The van der Waals surface area contributed by atoms with Gasteiger partial charge in [0.1, 0.15) is 5.52 Å². The summed E-state index contributed by atoms with van der Waals surface area (Å²) in [6.07, 6.45) is 0.965. The van der Waals surface area contributed by atoms with Gasteiger partial charge in [0.2, 0.25) is 21.8 Å². The molecule has 8 heteroatoms. The molecule has 0 bridgehead atoms. The zero-order valence-electron chi connectivity index (χ0n) is 19.8. The van der Waals surface area contributed by atoms with Crippen molar-refractivity contribution in [3.05, 3.63) is 53.4 Å². The van der Waals surface area contributed by atoms with Crippen LogP contribution in [-0.2, 0) is 20.2 Å². The van der Waals surface area contributed by atoms with Crippen LogP contribution in [0.5, 0.6) is 0 Å². The van der Waals surface area contributed by atoms with Gasteiger partial charge in [0.25, 0.3) is 0 Å². The van der Waals surface area contributed by atoms with E-state index in [9.17, 15) is 13.2 Å². The maximum Gasteiger partial charge on any atom is 0.243 e. The molecular weight excluding hydrogens is 438 g/mol. The average molecular weight is 470 g/mol. The summed E-state index contributed by atoms with van der Waals surface area (Å²) in [5.41, 5.74) is 3.61. The fraction of sp³-hybridized carbons (Fsp3) is 0.440. The molecular formula is C25H31N3O4S. The number of rotatable bonds is 4. The Kier molecular flexibility index (Phi) is 6.09. The van der Waals surface area contributed by atoms with Crippen molar-refractivity contribution in [1.82, 2.24) is 9.29 Å². The predicted octanol–water partition coefficient (Wildman–Crippen LogP) is 4.78. The maximum atomic E-state index is 13.1. The summed E-state index contributed by atoms with van der Waals surface area (Å²) < 4.78 is 33.5. The summed E-state index contributed by atoms with van der Waals surface area (Å²) in [5, 5.41) is 2.96. The van der Waals surface area contributed by atoms with Gasteiger partial charge in [-0.05, 0) is 56.5 Å². The van der Waals surface area contributed by atoms with E-state index < -0.39 is 10.0 Å². The number of sulfonamides is 1. The number of carbonyl (C=O) groups excluding carboxylic acids is 1. The lowest BCUT2D eigenvalue weighted by molar-refractivity contribution is -0.120. The minimum absolute atomic E-state index is 0.0996. The fourth-order valence-corrected chi connectivity index (χ4v) is 5.83. The molecule has 1 aromatic heterocycles. The third-order valence-electron chi connectivity index (χ3n) is 6.07. The molecule has 0 unspecified atom stereocenters. The van der Waals surface area contributed by atoms with Crippen LogP contribution in [0.3, 0.4) is 0 Å². The van der Waals surface area contributed by atoms with Crippen LogP contribution in [0.1, 0.15) is 50.6 Å². The highest BCUT2D eigenvalue weighted by atomic mass is 32.2. The molecule has 2 heterocycles. The molecule has 0 atom stereocenters. The highest BCUT2D eigenvalue weighted by Crippen LogP contribution is 2.29. The zero-order chi connectivity index (χ0) is 24.0. The van der Waals surface area contributed by atoms with Gasteiger partial charge in [-0.1, -0.05) is 38.5 Å². The highest BCUT2D eigenvalue weighted by Gasteiger charge is 2.33. The van der Waals surface area contributed by atoms with Crippen LogP contribution in [0.15, 0.2) is 45.7 Å². The molecule has 1 N–H and O–H groups in total. The van der Waals surface area contributed by atoms with E-state index in [1.165, 1.54) is 4.31 Å². The lowest BCUT2D eigenvalue weighted by Crippen LogP contribution is -2.41. The Morgan fingerprint density at radius 2 is 1.79 bits per heavy atom. The van der Waals surface area contributed by atoms with E-state index in [0.29, 0.717) is 53.5 Å². The first-order chi connectivity index (χ1) is 15.4. The third kappa shape index (κ3) is 4.82. The van der Waals surface area contributed by atoms with Gasteiger partial charge < -0.3 is 9.73 Å². The normalized spacial score (nSPS) is 16.3. The average Bonchev–Trinajstić information content (AvgIpc) is 3.17. The Labute approximate surface area is 195 Å². The minimum Gasteiger partial charge on any atom is -0.440 e. The summed E-state index contributed by atoms with van der Waals surface area (Å²) >= 11 is 0. The predicted molar refractivity (Wildman–Crippen MR) is 129 cm³/mol. The molecule has 0 spiro atoms. The van der Waals surface area contributed by atoms with Gasteiger partial charge in [-0.3, -0.25) is 4.79 Å². The Hall–Kier alpha value is -2.71. The summed E-state index contributed by atoms with van der Waals surface area (Å²) in [4.78, 5) is 17.8. The molecule has 33 heavy (non-hydrogen) atoms. The zero-order valence-corrected chi connectivity index (χ0v) is 20.6. The van der Waals surface area contributed by atoms with E-state index in [1.807, 2.05) is 58.9 Å². The number of oxazole rings is 1. The quantitative estimate of drug-likeness (QED) is 0.594. The van der Waals surface area contributed by atoms with Gasteiger partial charge in [-0.2, -0.15) is 4.31 Å². The van der Waals surface area contributed by atoms with E-state index in [2.05, 4.69) is 10.3 Å². The highest BCUT2D eigenvalue weighted by molar-refractivity contribution is 7.89. The van der Waals surface area contributed by atoms with E-state index in [-0.39, 0.29) is 17.2 Å². The van der Waals surface area contributed by atoms with E-state index in [0.717, 1.165) is 11.1 Å². The van der Waals surface area contributed by atoms with Crippen LogP contribution in [0, 0.1) is 19.8 Å². The van der Waals surface area contributed by atoms with Gasteiger partial charge in [0, 0.05) is 30.1 Å². The number of nitrogens with one attached hydrogen (secondary N) is 1. The lowest BCUT2D eigenvalue weighted by atomic mass is 9.97. The summed E-state index contributed by atoms with van der Waals surface area (Å²) in [5.74, 6) is 0.310. The van der Waals surface area contributed by atoms with Crippen LogP contribution in [-0.4, -0.2) is 36.7 Å². The smallest absolute Gasteiger partial charge is 0.243 e. The Morgan fingerprint density at radius 3 is 2.42 bits per heavy atom. The number of hydrogen-bond acceptors (Lipinski definition) is 5. The van der Waals surface area contributed by atoms with Gasteiger partial charge >= 0.3 is 0 Å².